The zero-order valence-electron chi connectivity index (χ0n) is 12.1. The first kappa shape index (κ1) is 14.7. The average molecular weight is 304 g/mol. The second-order valence-corrected chi connectivity index (χ2v) is 5.47. The molecule has 0 spiro atoms. The average Bonchev–Trinajstić information content (AvgIpc) is 2.79. The van der Waals surface area contributed by atoms with Gasteiger partial charge in [-0.05, 0) is 54.2 Å². The molecule has 1 aliphatic carbocycles. The molecule has 0 fully saturated rings. The van der Waals surface area contributed by atoms with Crippen LogP contribution >= 0.6 is 0 Å². The maximum absolute atomic E-state index is 12.3. The first-order valence-electron chi connectivity index (χ1n) is 7.04. The van der Waals surface area contributed by atoms with Gasteiger partial charge >= 0.3 is 6.36 Å². The fraction of sp³-hybridized carbons (Fsp3) is 0.222. The molecule has 0 N–H and O–H groups in total. The summed E-state index contributed by atoms with van der Waals surface area (Å²) in [6.07, 6.45) is -1.03. The van der Waals surface area contributed by atoms with Crippen LogP contribution in [0.5, 0.6) is 5.75 Å². The Labute approximate surface area is 127 Å². The molecule has 114 valence electrons. The molecule has 0 heterocycles. The van der Waals surface area contributed by atoms with Gasteiger partial charge in [-0.25, -0.2) is 0 Å². The molecule has 0 radical (unpaired) electrons. The summed E-state index contributed by atoms with van der Waals surface area (Å²) in [7, 11) is 0. The summed E-state index contributed by atoms with van der Waals surface area (Å²) < 4.78 is 40.8. The van der Waals surface area contributed by atoms with Crippen molar-refractivity contribution in [1.29, 1.82) is 0 Å². The van der Waals surface area contributed by atoms with Crippen LogP contribution < -0.4 is 4.74 Å². The fourth-order valence-electron chi connectivity index (χ4n) is 2.79. The first-order valence-corrected chi connectivity index (χ1v) is 7.04. The topological polar surface area (TPSA) is 9.23 Å². The van der Waals surface area contributed by atoms with Gasteiger partial charge in [0.1, 0.15) is 5.75 Å². The smallest absolute Gasteiger partial charge is 0.406 e. The van der Waals surface area contributed by atoms with Crippen LogP contribution in [0.4, 0.5) is 13.2 Å². The normalized spacial score (nSPS) is 13.7. The lowest BCUT2D eigenvalue weighted by atomic mass is 9.98. The van der Waals surface area contributed by atoms with Crippen LogP contribution in [0.1, 0.15) is 22.3 Å². The molecule has 4 heteroatoms. The molecule has 3 rings (SSSR count). The Morgan fingerprint density at radius 1 is 1.09 bits per heavy atom. The van der Waals surface area contributed by atoms with Gasteiger partial charge in [0, 0.05) is 0 Å². The molecule has 0 saturated heterocycles. The number of fused-ring (bicyclic) bond motifs is 1. The summed E-state index contributed by atoms with van der Waals surface area (Å²) >= 11 is 0. The second-order valence-electron chi connectivity index (χ2n) is 5.47. The zero-order chi connectivity index (χ0) is 15.7. The van der Waals surface area contributed by atoms with E-state index in [9.17, 15) is 13.2 Å². The summed E-state index contributed by atoms with van der Waals surface area (Å²) in [4.78, 5) is 0. The van der Waals surface area contributed by atoms with E-state index in [1.54, 1.807) is 6.07 Å². The minimum atomic E-state index is -4.66. The van der Waals surface area contributed by atoms with Crippen molar-refractivity contribution in [3.63, 3.8) is 0 Å². The highest BCUT2D eigenvalue weighted by molar-refractivity contribution is 5.75. The van der Waals surface area contributed by atoms with Gasteiger partial charge < -0.3 is 4.74 Å². The molecular weight excluding hydrogens is 289 g/mol. The summed E-state index contributed by atoms with van der Waals surface area (Å²) in [6.45, 7) is 2.05. The molecule has 0 atom stereocenters. The molecule has 0 unspecified atom stereocenters. The number of hydrogen-bond donors (Lipinski definition) is 0. The van der Waals surface area contributed by atoms with E-state index >= 15 is 0 Å². The molecule has 0 aromatic heterocycles. The van der Waals surface area contributed by atoms with E-state index in [1.165, 1.54) is 28.8 Å². The maximum Gasteiger partial charge on any atom is 0.573 e. The minimum Gasteiger partial charge on any atom is -0.406 e. The van der Waals surface area contributed by atoms with Crippen molar-refractivity contribution in [2.24, 2.45) is 0 Å². The van der Waals surface area contributed by atoms with Crippen LogP contribution in [0.2, 0.25) is 0 Å². The molecule has 1 aliphatic rings. The van der Waals surface area contributed by atoms with Gasteiger partial charge in [-0.2, -0.15) is 0 Å². The molecular formula is C18H15F3O. The highest BCUT2D eigenvalue weighted by atomic mass is 19.4. The van der Waals surface area contributed by atoms with Crippen LogP contribution in [-0.4, -0.2) is 6.36 Å². The molecule has 0 amide bonds. The lowest BCUT2D eigenvalue weighted by molar-refractivity contribution is -0.274. The van der Waals surface area contributed by atoms with Gasteiger partial charge in [0.15, 0.2) is 0 Å². The summed E-state index contributed by atoms with van der Waals surface area (Å²) in [5.74, 6) is -0.173. The second kappa shape index (κ2) is 5.52. The maximum atomic E-state index is 12.3. The number of hydrogen-bond acceptors (Lipinski definition) is 1. The molecule has 2 aromatic rings. The number of rotatable bonds is 3. The quantitative estimate of drug-likeness (QED) is 0.768. The van der Waals surface area contributed by atoms with Crippen molar-refractivity contribution in [3.05, 3.63) is 70.8 Å². The molecule has 0 aliphatic heterocycles. The minimum absolute atomic E-state index is 0.173. The summed E-state index contributed by atoms with van der Waals surface area (Å²) in [6, 6.07) is 12.5. The lowest BCUT2D eigenvalue weighted by Crippen LogP contribution is -2.17. The van der Waals surface area contributed by atoms with Gasteiger partial charge in [0.2, 0.25) is 0 Å². The van der Waals surface area contributed by atoms with Crippen molar-refractivity contribution < 1.29 is 17.9 Å². The number of ether oxygens (including phenoxy) is 1. The molecule has 22 heavy (non-hydrogen) atoms. The molecule has 1 nitrogen and oxygen atoms in total. The largest absolute Gasteiger partial charge is 0.573 e. The lowest BCUT2D eigenvalue weighted by Gasteiger charge is -2.11. The zero-order valence-corrected chi connectivity index (χ0v) is 12.1. The standard InChI is InChI=1S/C18H15F3O/c1-12-5-8-17-14(9-12)6-7-15(17)10-13-3-2-4-16(11-13)22-18(19,20)21/h2-5,7-9,11H,6,10H2,1H3. The van der Waals surface area contributed by atoms with E-state index in [2.05, 4.69) is 35.9 Å². The van der Waals surface area contributed by atoms with Crippen molar-refractivity contribution in [3.8, 4) is 5.75 Å². The van der Waals surface area contributed by atoms with Gasteiger partial charge in [-0.15, -0.1) is 13.2 Å². The van der Waals surface area contributed by atoms with E-state index in [0.717, 1.165) is 17.6 Å². The van der Waals surface area contributed by atoms with E-state index in [4.69, 9.17) is 0 Å². The van der Waals surface area contributed by atoms with Gasteiger partial charge in [-0.1, -0.05) is 42.0 Å². The highest BCUT2D eigenvalue weighted by Crippen LogP contribution is 2.32. The monoisotopic (exact) mass is 304 g/mol. The molecule has 0 bridgehead atoms. The van der Waals surface area contributed by atoms with E-state index < -0.39 is 6.36 Å². The fourth-order valence-corrected chi connectivity index (χ4v) is 2.79. The van der Waals surface area contributed by atoms with Crippen LogP contribution in [0.15, 0.2) is 48.5 Å². The van der Waals surface area contributed by atoms with E-state index in [-0.39, 0.29) is 5.75 Å². The number of benzene rings is 2. The third kappa shape index (κ3) is 3.32. The van der Waals surface area contributed by atoms with Gasteiger partial charge in [0.25, 0.3) is 0 Å². The van der Waals surface area contributed by atoms with E-state index in [0.29, 0.717) is 6.42 Å². The van der Waals surface area contributed by atoms with Crippen molar-refractivity contribution in [2.75, 3.05) is 0 Å². The van der Waals surface area contributed by atoms with Crippen LogP contribution in [0, 0.1) is 6.92 Å². The number of alkyl halides is 3. The van der Waals surface area contributed by atoms with Crippen LogP contribution in [0.3, 0.4) is 0 Å². The van der Waals surface area contributed by atoms with E-state index in [1.807, 2.05) is 6.07 Å². The molecule has 2 aromatic carbocycles. The Bertz CT molecular complexity index is 729. The Hall–Kier alpha value is -2.23. The SMILES string of the molecule is Cc1ccc2c(c1)CC=C2Cc1cccc(OC(F)(F)F)c1. The van der Waals surface area contributed by atoms with Crippen LogP contribution in [0.25, 0.3) is 5.57 Å². The first-order chi connectivity index (χ1) is 10.4. The molecule has 0 saturated carbocycles. The van der Waals surface area contributed by atoms with Gasteiger partial charge in [-0.3, -0.25) is 0 Å². The third-order valence-corrected chi connectivity index (χ3v) is 3.70. The van der Waals surface area contributed by atoms with Crippen molar-refractivity contribution >= 4 is 5.57 Å². The Morgan fingerprint density at radius 2 is 1.91 bits per heavy atom. The highest BCUT2D eigenvalue weighted by Gasteiger charge is 2.31. The Kier molecular flexibility index (Phi) is 3.69. The van der Waals surface area contributed by atoms with Gasteiger partial charge in [0.05, 0.1) is 0 Å². The summed E-state index contributed by atoms with van der Waals surface area (Å²) in [5, 5.41) is 0. The van der Waals surface area contributed by atoms with Crippen molar-refractivity contribution in [2.45, 2.75) is 26.1 Å². The number of halogens is 3. The summed E-state index contributed by atoms with van der Waals surface area (Å²) in [5.41, 5.74) is 5.64. The number of allylic oxidation sites excluding steroid dienone is 2. The number of aryl methyl sites for hydroxylation is 1. The van der Waals surface area contributed by atoms with Crippen molar-refractivity contribution in [1.82, 2.24) is 0 Å². The van der Waals surface area contributed by atoms with Crippen LogP contribution in [-0.2, 0) is 12.8 Å². The predicted octanol–water partition coefficient (Wildman–Crippen LogP) is 5.08. The predicted molar refractivity (Wildman–Crippen MR) is 79.7 cm³/mol. The Morgan fingerprint density at radius 3 is 2.68 bits per heavy atom. The third-order valence-electron chi connectivity index (χ3n) is 3.70. The Balaban J connectivity index is 1.79.